The van der Waals surface area contributed by atoms with Crippen molar-refractivity contribution in [2.75, 3.05) is 5.73 Å². The van der Waals surface area contributed by atoms with Crippen LogP contribution in [0.5, 0.6) is 5.75 Å². The van der Waals surface area contributed by atoms with Gasteiger partial charge in [-0.2, -0.15) is 5.26 Å². The minimum Gasteiger partial charge on any atom is -0.487 e. The monoisotopic (exact) mass is 314 g/mol. The Morgan fingerprint density at radius 2 is 1.95 bits per heavy atom. The number of thioether (sulfide) groups is 1. The van der Waals surface area contributed by atoms with Crippen molar-refractivity contribution < 1.29 is 4.74 Å². The van der Waals surface area contributed by atoms with Crippen LogP contribution in [0.1, 0.15) is 30.7 Å². The van der Waals surface area contributed by atoms with Gasteiger partial charge in [-0.15, -0.1) is 0 Å². The van der Waals surface area contributed by atoms with Gasteiger partial charge in [-0.1, -0.05) is 43.3 Å². The molecule has 1 heterocycles. The van der Waals surface area contributed by atoms with E-state index in [1.807, 2.05) is 45.0 Å². The zero-order chi connectivity index (χ0) is 16.1. The molecule has 6 heteroatoms. The highest BCUT2D eigenvalue weighted by Crippen LogP contribution is 2.23. The summed E-state index contributed by atoms with van der Waals surface area (Å²) in [6, 6.07) is 9.75. The van der Waals surface area contributed by atoms with Gasteiger partial charge < -0.3 is 10.5 Å². The number of nitriles is 1. The van der Waals surface area contributed by atoms with E-state index in [2.05, 4.69) is 16.0 Å². The molecule has 2 aromatic rings. The smallest absolute Gasteiger partial charge is 0.190 e. The van der Waals surface area contributed by atoms with E-state index in [0.717, 1.165) is 11.3 Å². The number of anilines is 1. The third-order valence-corrected chi connectivity index (χ3v) is 3.71. The molecule has 0 saturated heterocycles. The molecule has 0 atom stereocenters. The molecule has 0 bridgehead atoms. The highest BCUT2D eigenvalue weighted by Gasteiger charge is 2.14. The van der Waals surface area contributed by atoms with Crippen molar-refractivity contribution in [3.05, 3.63) is 41.1 Å². The van der Waals surface area contributed by atoms with Gasteiger partial charge in [0.1, 0.15) is 35.5 Å². The number of aromatic nitrogens is 2. The predicted octanol–water partition coefficient (Wildman–Crippen LogP) is 3.32. The van der Waals surface area contributed by atoms with Crippen LogP contribution in [-0.2, 0) is 6.61 Å². The molecule has 2 N–H and O–H groups in total. The Bertz CT molecular complexity index is 693. The second-order valence-corrected chi connectivity index (χ2v) is 6.64. The third kappa shape index (κ3) is 4.12. The molecule has 114 valence electrons. The van der Waals surface area contributed by atoms with Crippen LogP contribution in [0.4, 0.5) is 5.82 Å². The topological polar surface area (TPSA) is 84.8 Å². The van der Waals surface area contributed by atoms with Gasteiger partial charge in [0, 0.05) is 5.25 Å². The maximum Gasteiger partial charge on any atom is 0.190 e. The van der Waals surface area contributed by atoms with E-state index in [4.69, 9.17) is 10.5 Å². The van der Waals surface area contributed by atoms with Crippen LogP contribution in [0.3, 0.4) is 0 Å². The lowest BCUT2D eigenvalue weighted by Crippen LogP contribution is -2.08. The van der Waals surface area contributed by atoms with E-state index >= 15 is 0 Å². The molecule has 0 amide bonds. The average Bonchev–Trinajstić information content (AvgIpc) is 2.45. The van der Waals surface area contributed by atoms with Crippen molar-refractivity contribution in [2.24, 2.45) is 0 Å². The first-order chi connectivity index (χ1) is 10.5. The number of aryl methyl sites for hydroxylation is 1. The summed E-state index contributed by atoms with van der Waals surface area (Å²) in [7, 11) is 0. The fourth-order valence-electron chi connectivity index (χ4n) is 1.78. The Labute approximate surface area is 134 Å². The zero-order valence-electron chi connectivity index (χ0n) is 12.8. The van der Waals surface area contributed by atoms with Crippen molar-refractivity contribution in [2.45, 2.75) is 37.8 Å². The molecule has 1 aromatic heterocycles. The molecule has 0 aliphatic carbocycles. The Morgan fingerprint density at radius 3 is 2.55 bits per heavy atom. The number of rotatable bonds is 5. The molecule has 22 heavy (non-hydrogen) atoms. The van der Waals surface area contributed by atoms with Gasteiger partial charge in [-0.3, -0.25) is 0 Å². The maximum absolute atomic E-state index is 9.23. The molecule has 1 aromatic carbocycles. The summed E-state index contributed by atoms with van der Waals surface area (Å²) in [5.41, 5.74) is 7.80. The largest absolute Gasteiger partial charge is 0.487 e. The lowest BCUT2D eigenvalue weighted by molar-refractivity contribution is 0.299. The average molecular weight is 314 g/mol. The van der Waals surface area contributed by atoms with E-state index in [1.165, 1.54) is 11.8 Å². The standard InChI is InChI=1S/C16H18N4OS/c1-10(2)22-16-19-14(13(8-17)15(18)20-16)9-21-12-6-4-11(3)5-7-12/h4-7,10H,9H2,1-3H3,(H2,18,19,20). The molecular weight excluding hydrogens is 296 g/mol. The van der Waals surface area contributed by atoms with Crippen LogP contribution in [0.25, 0.3) is 0 Å². The van der Waals surface area contributed by atoms with Crippen LogP contribution in [0, 0.1) is 18.3 Å². The van der Waals surface area contributed by atoms with E-state index in [-0.39, 0.29) is 18.0 Å². The molecule has 5 nitrogen and oxygen atoms in total. The van der Waals surface area contributed by atoms with Gasteiger partial charge in [0.2, 0.25) is 0 Å². The van der Waals surface area contributed by atoms with Crippen molar-refractivity contribution >= 4 is 17.6 Å². The maximum atomic E-state index is 9.23. The van der Waals surface area contributed by atoms with E-state index in [9.17, 15) is 5.26 Å². The summed E-state index contributed by atoms with van der Waals surface area (Å²) in [5.74, 6) is 0.924. The van der Waals surface area contributed by atoms with Crippen molar-refractivity contribution in [1.82, 2.24) is 9.97 Å². The van der Waals surface area contributed by atoms with Gasteiger partial charge >= 0.3 is 0 Å². The lowest BCUT2D eigenvalue weighted by Gasteiger charge is -2.11. The second kappa shape index (κ2) is 7.14. The molecule has 0 unspecified atom stereocenters. The quantitative estimate of drug-likeness (QED) is 0.673. The Balaban J connectivity index is 2.22. The number of hydrogen-bond acceptors (Lipinski definition) is 6. The number of nitrogen functional groups attached to an aromatic ring is 1. The van der Waals surface area contributed by atoms with Crippen LogP contribution in [0.15, 0.2) is 29.4 Å². The normalized spacial score (nSPS) is 10.5. The van der Waals surface area contributed by atoms with Crippen LogP contribution in [0.2, 0.25) is 0 Å². The first kappa shape index (κ1) is 16.1. The number of ether oxygens (including phenoxy) is 1. The van der Waals surface area contributed by atoms with Gasteiger partial charge in [-0.05, 0) is 19.1 Å². The summed E-state index contributed by atoms with van der Waals surface area (Å²) < 4.78 is 5.70. The van der Waals surface area contributed by atoms with Crippen LogP contribution in [-0.4, -0.2) is 15.2 Å². The van der Waals surface area contributed by atoms with Gasteiger partial charge in [0.15, 0.2) is 5.16 Å². The van der Waals surface area contributed by atoms with Crippen LogP contribution >= 0.6 is 11.8 Å². The summed E-state index contributed by atoms with van der Waals surface area (Å²) in [6.45, 7) is 6.29. The van der Waals surface area contributed by atoms with Crippen LogP contribution < -0.4 is 10.5 Å². The molecule has 0 radical (unpaired) electrons. The van der Waals surface area contributed by atoms with Crippen molar-refractivity contribution in [3.63, 3.8) is 0 Å². The second-order valence-electron chi connectivity index (χ2n) is 5.09. The fraction of sp³-hybridized carbons (Fsp3) is 0.312. The zero-order valence-corrected chi connectivity index (χ0v) is 13.6. The first-order valence-electron chi connectivity index (χ1n) is 6.92. The summed E-state index contributed by atoms with van der Waals surface area (Å²) in [4.78, 5) is 8.56. The van der Waals surface area contributed by atoms with Gasteiger partial charge in [0.05, 0.1) is 0 Å². The Kier molecular flexibility index (Phi) is 5.23. The number of nitrogens with zero attached hydrogens (tertiary/aromatic N) is 3. The number of benzene rings is 1. The SMILES string of the molecule is Cc1ccc(OCc2nc(SC(C)C)nc(N)c2C#N)cc1. The number of hydrogen-bond donors (Lipinski definition) is 1. The Morgan fingerprint density at radius 1 is 1.27 bits per heavy atom. The van der Waals surface area contributed by atoms with Gasteiger partial charge in [0.25, 0.3) is 0 Å². The highest BCUT2D eigenvalue weighted by atomic mass is 32.2. The van der Waals surface area contributed by atoms with Crippen molar-refractivity contribution in [3.8, 4) is 11.8 Å². The molecule has 2 rings (SSSR count). The lowest BCUT2D eigenvalue weighted by atomic mass is 10.2. The molecule has 0 aliphatic rings. The summed E-state index contributed by atoms with van der Waals surface area (Å²) >= 11 is 1.50. The number of nitrogens with two attached hydrogens (primary N) is 1. The fourth-order valence-corrected chi connectivity index (χ4v) is 2.51. The molecular formula is C16H18N4OS. The predicted molar refractivity (Wildman–Crippen MR) is 87.7 cm³/mol. The Hall–Kier alpha value is -2.26. The third-order valence-electron chi connectivity index (χ3n) is 2.84. The molecule has 0 saturated carbocycles. The molecule has 0 aliphatic heterocycles. The van der Waals surface area contributed by atoms with E-state index in [0.29, 0.717) is 16.1 Å². The first-order valence-corrected chi connectivity index (χ1v) is 7.80. The highest BCUT2D eigenvalue weighted by molar-refractivity contribution is 7.99. The summed E-state index contributed by atoms with van der Waals surface area (Å²) in [6.07, 6.45) is 0. The summed E-state index contributed by atoms with van der Waals surface area (Å²) in [5, 5.41) is 10.1. The van der Waals surface area contributed by atoms with E-state index < -0.39 is 0 Å². The van der Waals surface area contributed by atoms with Crippen molar-refractivity contribution in [1.29, 1.82) is 5.26 Å². The van der Waals surface area contributed by atoms with E-state index in [1.54, 1.807) is 0 Å². The molecule has 0 fully saturated rings. The van der Waals surface area contributed by atoms with Gasteiger partial charge in [-0.25, -0.2) is 9.97 Å². The molecule has 0 spiro atoms. The minimum atomic E-state index is 0.185. The minimum absolute atomic E-state index is 0.185.